The van der Waals surface area contributed by atoms with Crippen LogP contribution in [0, 0.1) is 6.92 Å². The molecule has 1 aromatic rings. The minimum Gasteiger partial charge on any atom is -0.398 e. The van der Waals surface area contributed by atoms with Crippen molar-refractivity contribution in [1.82, 2.24) is 9.97 Å². The van der Waals surface area contributed by atoms with Gasteiger partial charge in [0.2, 0.25) is 0 Å². The van der Waals surface area contributed by atoms with Crippen molar-refractivity contribution in [2.24, 2.45) is 0 Å². The molecule has 0 aromatic carbocycles. The predicted molar refractivity (Wildman–Crippen MR) is 62.5 cm³/mol. The normalized spacial score (nSPS) is 22.4. The number of hydrogen-bond donors (Lipinski definition) is 0. The summed E-state index contributed by atoms with van der Waals surface area (Å²) < 4.78 is 11.8. The lowest BCUT2D eigenvalue weighted by atomic mass is 9.83. The van der Waals surface area contributed by atoms with E-state index in [1.165, 1.54) is 0 Å². The molecule has 1 aliphatic rings. The van der Waals surface area contributed by atoms with Crippen LogP contribution in [-0.4, -0.2) is 28.3 Å². The molecule has 1 aromatic heterocycles. The summed E-state index contributed by atoms with van der Waals surface area (Å²) in [5.41, 5.74) is 0.950. The molecule has 0 unspecified atom stereocenters. The molecule has 0 bridgehead atoms. The second kappa shape index (κ2) is 3.53. The summed E-state index contributed by atoms with van der Waals surface area (Å²) in [6, 6.07) is 0. The lowest BCUT2D eigenvalue weighted by Gasteiger charge is -2.32. The van der Waals surface area contributed by atoms with Crippen LogP contribution < -0.4 is 5.59 Å². The molecule has 0 amide bonds. The Bertz CT molecular complexity index is 391. The Kier molecular flexibility index (Phi) is 2.55. The minimum atomic E-state index is -0.418. The summed E-state index contributed by atoms with van der Waals surface area (Å²) in [5.74, 6) is 0. The summed E-state index contributed by atoms with van der Waals surface area (Å²) in [6.45, 7) is 10.0. The van der Waals surface area contributed by atoms with Crippen molar-refractivity contribution in [1.29, 1.82) is 0 Å². The van der Waals surface area contributed by atoms with Crippen molar-refractivity contribution in [2.45, 2.75) is 45.8 Å². The third-order valence-electron chi connectivity index (χ3n) is 3.40. The molecular weight excluding hydrogens is 203 g/mol. The third-order valence-corrected chi connectivity index (χ3v) is 3.40. The molecule has 2 rings (SSSR count). The van der Waals surface area contributed by atoms with Gasteiger partial charge in [0, 0.05) is 12.4 Å². The molecule has 1 saturated heterocycles. The fraction of sp³-hybridized carbons (Fsp3) is 0.636. The highest BCUT2D eigenvalue weighted by molar-refractivity contribution is 6.61. The standard InChI is InChI=1S/C11H17BN2O2/c1-8-9(14-7-6-13-8)12-15-10(2,3)11(4,5)16-12/h6-7H,1-5H3. The van der Waals surface area contributed by atoms with Crippen LogP contribution in [0.5, 0.6) is 0 Å². The fourth-order valence-corrected chi connectivity index (χ4v) is 1.60. The molecule has 0 aliphatic carbocycles. The van der Waals surface area contributed by atoms with Crippen LogP contribution in [0.2, 0.25) is 0 Å². The zero-order chi connectivity index (χ0) is 12.0. The van der Waals surface area contributed by atoms with E-state index in [9.17, 15) is 0 Å². The Morgan fingerprint density at radius 3 is 2.00 bits per heavy atom. The molecule has 1 fully saturated rings. The maximum atomic E-state index is 5.91. The first-order chi connectivity index (χ1) is 7.33. The molecule has 0 spiro atoms. The Morgan fingerprint density at radius 1 is 1.00 bits per heavy atom. The van der Waals surface area contributed by atoms with Gasteiger partial charge in [-0.2, -0.15) is 0 Å². The van der Waals surface area contributed by atoms with Gasteiger partial charge in [-0.05, 0) is 34.6 Å². The first-order valence-corrected chi connectivity index (χ1v) is 5.47. The van der Waals surface area contributed by atoms with Crippen LogP contribution in [0.25, 0.3) is 0 Å². The number of aryl methyl sites for hydroxylation is 1. The van der Waals surface area contributed by atoms with E-state index < -0.39 is 7.12 Å². The van der Waals surface area contributed by atoms with Crippen LogP contribution in [0.4, 0.5) is 0 Å². The molecule has 0 N–H and O–H groups in total. The SMILES string of the molecule is Cc1nccnc1B1OC(C)(C)C(C)(C)O1. The van der Waals surface area contributed by atoms with Crippen molar-refractivity contribution in [2.75, 3.05) is 0 Å². The van der Waals surface area contributed by atoms with E-state index in [1.807, 2.05) is 34.6 Å². The number of nitrogens with zero attached hydrogens (tertiary/aromatic N) is 2. The smallest absolute Gasteiger partial charge is 0.398 e. The molecule has 16 heavy (non-hydrogen) atoms. The van der Waals surface area contributed by atoms with Gasteiger partial charge in [0.25, 0.3) is 0 Å². The van der Waals surface area contributed by atoms with Gasteiger partial charge in [0.05, 0.1) is 22.5 Å². The number of rotatable bonds is 1. The van der Waals surface area contributed by atoms with Crippen LogP contribution in [0.3, 0.4) is 0 Å². The highest BCUT2D eigenvalue weighted by Gasteiger charge is 2.52. The van der Waals surface area contributed by atoms with Gasteiger partial charge in [-0.15, -0.1) is 0 Å². The van der Waals surface area contributed by atoms with Crippen molar-refractivity contribution in [3.63, 3.8) is 0 Å². The Morgan fingerprint density at radius 2 is 1.50 bits per heavy atom. The molecule has 1 aliphatic heterocycles. The summed E-state index contributed by atoms with van der Waals surface area (Å²) in [4.78, 5) is 8.48. The largest absolute Gasteiger partial charge is 0.516 e. The van der Waals surface area contributed by atoms with Crippen LogP contribution in [0.15, 0.2) is 12.4 Å². The Hall–Kier alpha value is -0.935. The van der Waals surface area contributed by atoms with Crippen molar-refractivity contribution in [3.8, 4) is 0 Å². The van der Waals surface area contributed by atoms with Gasteiger partial charge >= 0.3 is 7.12 Å². The van der Waals surface area contributed by atoms with E-state index >= 15 is 0 Å². The van der Waals surface area contributed by atoms with Crippen molar-refractivity contribution >= 4 is 12.7 Å². The fourth-order valence-electron chi connectivity index (χ4n) is 1.60. The lowest BCUT2D eigenvalue weighted by molar-refractivity contribution is 0.00578. The second-order valence-corrected chi connectivity index (χ2v) is 5.12. The quantitative estimate of drug-likeness (QED) is 0.664. The lowest BCUT2D eigenvalue weighted by Crippen LogP contribution is -2.41. The highest BCUT2D eigenvalue weighted by atomic mass is 16.7. The zero-order valence-corrected chi connectivity index (χ0v) is 10.4. The highest BCUT2D eigenvalue weighted by Crippen LogP contribution is 2.36. The Labute approximate surface area is 96.5 Å². The van der Waals surface area contributed by atoms with Gasteiger partial charge in [-0.3, -0.25) is 9.97 Å². The molecule has 2 heterocycles. The topological polar surface area (TPSA) is 44.2 Å². The van der Waals surface area contributed by atoms with Crippen molar-refractivity contribution in [3.05, 3.63) is 18.1 Å². The molecule has 86 valence electrons. The number of hydrogen-bond acceptors (Lipinski definition) is 4. The molecule has 5 heteroatoms. The van der Waals surface area contributed by atoms with E-state index in [4.69, 9.17) is 9.31 Å². The second-order valence-electron chi connectivity index (χ2n) is 5.12. The van der Waals surface area contributed by atoms with Gasteiger partial charge in [-0.1, -0.05) is 0 Å². The van der Waals surface area contributed by atoms with Crippen LogP contribution in [0.1, 0.15) is 33.4 Å². The number of aromatic nitrogens is 2. The van der Waals surface area contributed by atoms with Gasteiger partial charge in [-0.25, -0.2) is 0 Å². The maximum absolute atomic E-state index is 5.91. The Balaban J connectivity index is 2.31. The summed E-state index contributed by atoms with van der Waals surface area (Å²) >= 11 is 0. The molecule has 0 atom stereocenters. The van der Waals surface area contributed by atoms with E-state index in [2.05, 4.69) is 9.97 Å². The van der Waals surface area contributed by atoms with Gasteiger partial charge in [0.1, 0.15) is 0 Å². The molecular formula is C11H17BN2O2. The van der Waals surface area contributed by atoms with E-state index in [-0.39, 0.29) is 11.2 Å². The van der Waals surface area contributed by atoms with Crippen LogP contribution >= 0.6 is 0 Å². The molecule has 0 saturated carbocycles. The summed E-state index contributed by atoms with van der Waals surface area (Å²) in [5, 5.41) is 0. The first-order valence-electron chi connectivity index (χ1n) is 5.47. The molecule has 0 radical (unpaired) electrons. The first kappa shape index (κ1) is 11.5. The average Bonchev–Trinajstić information content (AvgIpc) is 2.36. The van der Waals surface area contributed by atoms with Gasteiger partial charge < -0.3 is 9.31 Å². The average molecular weight is 220 g/mol. The monoisotopic (exact) mass is 220 g/mol. The van der Waals surface area contributed by atoms with Gasteiger partial charge in [0.15, 0.2) is 0 Å². The van der Waals surface area contributed by atoms with E-state index in [0.717, 1.165) is 11.3 Å². The predicted octanol–water partition coefficient (Wildman–Crippen LogP) is 1.08. The summed E-state index contributed by atoms with van der Waals surface area (Å²) in [6.07, 6.45) is 3.33. The maximum Gasteiger partial charge on any atom is 0.516 e. The third kappa shape index (κ3) is 1.74. The van der Waals surface area contributed by atoms with Crippen molar-refractivity contribution < 1.29 is 9.31 Å². The van der Waals surface area contributed by atoms with E-state index in [1.54, 1.807) is 12.4 Å². The molecule has 4 nitrogen and oxygen atoms in total. The van der Waals surface area contributed by atoms with Crippen LogP contribution in [-0.2, 0) is 9.31 Å². The zero-order valence-electron chi connectivity index (χ0n) is 10.4. The summed E-state index contributed by atoms with van der Waals surface area (Å²) in [7, 11) is -0.418. The minimum absolute atomic E-state index is 0.332. The van der Waals surface area contributed by atoms with E-state index in [0.29, 0.717) is 0 Å².